The zero-order valence-corrected chi connectivity index (χ0v) is 13.4. The van der Waals surface area contributed by atoms with Crippen molar-refractivity contribution in [2.75, 3.05) is 32.0 Å². The molecule has 0 aliphatic carbocycles. The quantitative estimate of drug-likeness (QED) is 0.534. The number of aliphatic carboxylic acids is 2. The number of hydrogen-bond donors (Lipinski definition) is 4. The molecule has 5 N–H and O–H groups in total. The number of carbonyl (C=O) groups is 2. The minimum atomic E-state index is -1.08. The number of carboxylic acids is 2. The molecule has 0 saturated carbocycles. The van der Waals surface area contributed by atoms with Crippen LogP contribution in [-0.2, 0) is 25.7 Å². The molecule has 1 aliphatic heterocycles. The van der Waals surface area contributed by atoms with Gasteiger partial charge >= 0.3 is 11.9 Å². The Hall–Kier alpha value is -2.16. The van der Waals surface area contributed by atoms with E-state index in [0.717, 1.165) is 30.9 Å². The standard InChI is InChI=1S/C12H18N2O2.C4H6O4/c13-11-3-1-2-10(6-11)8-15-9-12-7-14-4-5-16-12;5-3(6)1-2-4(7)8/h1-3,6,12,14H,4-5,7-9,13H2;1-2H2,(H,5,6)(H,7,8). The molecular weight excluding hydrogens is 316 g/mol. The van der Waals surface area contributed by atoms with Crippen LogP contribution in [0.5, 0.6) is 0 Å². The van der Waals surface area contributed by atoms with Gasteiger partial charge in [-0.15, -0.1) is 0 Å². The number of benzene rings is 1. The van der Waals surface area contributed by atoms with Gasteiger partial charge in [-0.2, -0.15) is 0 Å². The SMILES string of the molecule is Nc1cccc(COCC2CNCCO2)c1.O=C(O)CCC(=O)O. The van der Waals surface area contributed by atoms with E-state index in [1.807, 2.05) is 24.3 Å². The molecule has 0 aromatic heterocycles. The summed E-state index contributed by atoms with van der Waals surface area (Å²) >= 11 is 0. The van der Waals surface area contributed by atoms with Gasteiger partial charge in [0.05, 0.1) is 38.8 Å². The molecule has 0 amide bonds. The molecule has 1 aromatic carbocycles. The van der Waals surface area contributed by atoms with Gasteiger partial charge in [-0.05, 0) is 17.7 Å². The van der Waals surface area contributed by atoms with Crippen LogP contribution in [0.25, 0.3) is 0 Å². The summed E-state index contributed by atoms with van der Waals surface area (Å²) in [5.74, 6) is -2.15. The van der Waals surface area contributed by atoms with Crippen molar-refractivity contribution in [3.63, 3.8) is 0 Å². The van der Waals surface area contributed by atoms with E-state index in [9.17, 15) is 9.59 Å². The highest BCUT2D eigenvalue weighted by Gasteiger charge is 2.12. The summed E-state index contributed by atoms with van der Waals surface area (Å²) < 4.78 is 11.1. The van der Waals surface area contributed by atoms with Gasteiger partial charge in [0, 0.05) is 18.8 Å². The molecule has 0 radical (unpaired) electrons. The number of rotatable bonds is 7. The van der Waals surface area contributed by atoms with Crippen molar-refractivity contribution >= 4 is 17.6 Å². The average molecular weight is 340 g/mol. The predicted molar refractivity (Wildman–Crippen MR) is 87.6 cm³/mol. The number of hydrogen-bond acceptors (Lipinski definition) is 6. The van der Waals surface area contributed by atoms with Crippen LogP contribution < -0.4 is 11.1 Å². The van der Waals surface area contributed by atoms with Gasteiger partial charge in [0.1, 0.15) is 0 Å². The molecule has 1 atom stereocenters. The van der Waals surface area contributed by atoms with E-state index in [0.29, 0.717) is 13.2 Å². The van der Waals surface area contributed by atoms with Crippen LogP contribution in [-0.4, -0.2) is 54.6 Å². The molecule has 24 heavy (non-hydrogen) atoms. The fourth-order valence-corrected chi connectivity index (χ4v) is 1.93. The highest BCUT2D eigenvalue weighted by Crippen LogP contribution is 2.08. The monoisotopic (exact) mass is 340 g/mol. The van der Waals surface area contributed by atoms with Crippen molar-refractivity contribution in [3.8, 4) is 0 Å². The van der Waals surface area contributed by atoms with Crippen molar-refractivity contribution < 1.29 is 29.3 Å². The molecule has 0 spiro atoms. The maximum Gasteiger partial charge on any atom is 0.303 e. The van der Waals surface area contributed by atoms with E-state index < -0.39 is 11.9 Å². The molecule has 2 rings (SSSR count). The number of nitrogen functional groups attached to an aromatic ring is 1. The summed E-state index contributed by atoms with van der Waals surface area (Å²) in [6.07, 6.45) is -0.417. The third-order valence-corrected chi connectivity index (χ3v) is 3.08. The first-order chi connectivity index (χ1) is 11.5. The molecule has 0 bridgehead atoms. The van der Waals surface area contributed by atoms with Gasteiger partial charge in [-0.25, -0.2) is 0 Å². The molecule has 1 unspecified atom stereocenters. The van der Waals surface area contributed by atoms with E-state index in [4.69, 9.17) is 25.4 Å². The average Bonchev–Trinajstić information content (AvgIpc) is 2.55. The highest BCUT2D eigenvalue weighted by atomic mass is 16.5. The zero-order valence-electron chi connectivity index (χ0n) is 13.4. The summed E-state index contributed by atoms with van der Waals surface area (Å²) in [5.41, 5.74) is 7.56. The second-order valence-corrected chi connectivity index (χ2v) is 5.24. The van der Waals surface area contributed by atoms with Crippen LogP contribution >= 0.6 is 0 Å². The van der Waals surface area contributed by atoms with E-state index in [1.54, 1.807) is 0 Å². The second-order valence-electron chi connectivity index (χ2n) is 5.24. The zero-order chi connectivity index (χ0) is 17.8. The number of ether oxygens (including phenoxy) is 2. The Morgan fingerprint density at radius 3 is 2.54 bits per heavy atom. The number of nitrogens with two attached hydrogens (primary N) is 1. The molecule has 1 fully saturated rings. The Bertz CT molecular complexity index is 503. The smallest absolute Gasteiger partial charge is 0.303 e. The normalized spacial score (nSPS) is 16.8. The molecule has 8 nitrogen and oxygen atoms in total. The van der Waals surface area contributed by atoms with E-state index in [2.05, 4.69) is 5.32 Å². The molecule has 1 saturated heterocycles. The molecular formula is C16H24N2O6. The molecule has 8 heteroatoms. The minimum absolute atomic E-state index is 0.176. The van der Waals surface area contributed by atoms with Crippen LogP contribution in [0, 0.1) is 0 Å². The van der Waals surface area contributed by atoms with Gasteiger partial charge < -0.3 is 30.7 Å². The molecule has 1 aromatic rings. The first-order valence-electron chi connectivity index (χ1n) is 7.65. The van der Waals surface area contributed by atoms with Crippen molar-refractivity contribution in [2.45, 2.75) is 25.6 Å². The van der Waals surface area contributed by atoms with Gasteiger partial charge in [-0.1, -0.05) is 12.1 Å². The third kappa shape index (κ3) is 9.78. The number of nitrogens with one attached hydrogen (secondary N) is 1. The summed E-state index contributed by atoms with van der Waals surface area (Å²) in [6, 6.07) is 7.75. The largest absolute Gasteiger partial charge is 0.481 e. The number of morpholine rings is 1. The molecule has 1 heterocycles. The minimum Gasteiger partial charge on any atom is -0.481 e. The summed E-state index contributed by atoms with van der Waals surface area (Å²) in [4.78, 5) is 19.3. The fraction of sp³-hybridized carbons (Fsp3) is 0.500. The number of carboxylic acid groups (broad SMARTS) is 2. The topological polar surface area (TPSA) is 131 Å². The summed E-state index contributed by atoms with van der Waals surface area (Å²) in [7, 11) is 0. The Kier molecular flexibility index (Phi) is 9.44. The van der Waals surface area contributed by atoms with Gasteiger partial charge in [-0.3, -0.25) is 9.59 Å². The Morgan fingerprint density at radius 2 is 2.00 bits per heavy atom. The van der Waals surface area contributed by atoms with Crippen LogP contribution in [0.15, 0.2) is 24.3 Å². The van der Waals surface area contributed by atoms with Crippen molar-refractivity contribution in [1.29, 1.82) is 0 Å². The van der Waals surface area contributed by atoms with Crippen molar-refractivity contribution in [3.05, 3.63) is 29.8 Å². The lowest BCUT2D eigenvalue weighted by Gasteiger charge is -2.23. The lowest BCUT2D eigenvalue weighted by Crippen LogP contribution is -2.40. The third-order valence-electron chi connectivity index (χ3n) is 3.08. The van der Waals surface area contributed by atoms with Crippen LogP contribution in [0.4, 0.5) is 5.69 Å². The molecule has 1 aliphatic rings. The van der Waals surface area contributed by atoms with Gasteiger partial charge in [0.2, 0.25) is 0 Å². The van der Waals surface area contributed by atoms with E-state index in [-0.39, 0.29) is 18.9 Å². The lowest BCUT2D eigenvalue weighted by molar-refractivity contribution is -0.143. The number of anilines is 1. The van der Waals surface area contributed by atoms with E-state index >= 15 is 0 Å². The maximum atomic E-state index is 9.64. The van der Waals surface area contributed by atoms with Crippen LogP contribution in [0.1, 0.15) is 18.4 Å². The Morgan fingerprint density at radius 1 is 1.29 bits per heavy atom. The predicted octanol–water partition coefficient (Wildman–Crippen LogP) is 0.710. The maximum absolute atomic E-state index is 9.64. The van der Waals surface area contributed by atoms with Crippen molar-refractivity contribution in [2.24, 2.45) is 0 Å². The molecule has 134 valence electrons. The van der Waals surface area contributed by atoms with E-state index in [1.165, 1.54) is 0 Å². The highest BCUT2D eigenvalue weighted by molar-refractivity contribution is 5.75. The van der Waals surface area contributed by atoms with Gasteiger partial charge in [0.25, 0.3) is 0 Å². The lowest BCUT2D eigenvalue weighted by atomic mass is 10.2. The van der Waals surface area contributed by atoms with Gasteiger partial charge in [0.15, 0.2) is 0 Å². The summed E-state index contributed by atoms with van der Waals surface area (Å²) in [5, 5.41) is 19.1. The van der Waals surface area contributed by atoms with Crippen LogP contribution in [0.3, 0.4) is 0 Å². The first-order valence-corrected chi connectivity index (χ1v) is 7.65. The summed E-state index contributed by atoms with van der Waals surface area (Å²) in [6.45, 7) is 3.79. The van der Waals surface area contributed by atoms with Crippen molar-refractivity contribution in [1.82, 2.24) is 5.32 Å². The fourth-order valence-electron chi connectivity index (χ4n) is 1.93. The Balaban J connectivity index is 0.000000307. The second kappa shape index (κ2) is 11.4. The first kappa shape index (κ1) is 19.9. The van der Waals surface area contributed by atoms with Crippen LogP contribution in [0.2, 0.25) is 0 Å². The Labute approximate surface area is 140 Å².